The zero-order valence-corrected chi connectivity index (χ0v) is 11.6. The fraction of sp³-hybridized carbons (Fsp3) is 0.538. The van der Waals surface area contributed by atoms with Gasteiger partial charge in [0.1, 0.15) is 6.10 Å². The second-order valence-corrected chi connectivity index (χ2v) is 6.09. The van der Waals surface area contributed by atoms with Crippen molar-refractivity contribution in [1.82, 2.24) is 0 Å². The summed E-state index contributed by atoms with van der Waals surface area (Å²) in [5, 5.41) is 2.63. The summed E-state index contributed by atoms with van der Waals surface area (Å²) >= 11 is 5.56. The Hall–Kier alpha value is -0.940. The van der Waals surface area contributed by atoms with E-state index < -0.39 is 11.7 Å². The van der Waals surface area contributed by atoms with E-state index in [0.29, 0.717) is 5.69 Å². The molecule has 2 atom stereocenters. The Balaban J connectivity index is 2.12. The van der Waals surface area contributed by atoms with E-state index in [-0.39, 0.29) is 22.8 Å². The highest BCUT2D eigenvalue weighted by atomic mass is 35.5. The van der Waals surface area contributed by atoms with E-state index in [1.165, 1.54) is 12.1 Å². The van der Waals surface area contributed by atoms with Crippen molar-refractivity contribution in [2.75, 3.05) is 5.32 Å². The summed E-state index contributed by atoms with van der Waals surface area (Å²) in [7, 11) is 0. The molecule has 1 aliphatic heterocycles. The largest absolute Gasteiger partial charge is 0.417 e. The summed E-state index contributed by atoms with van der Waals surface area (Å²) in [6, 6.07) is 3.75. The molecule has 1 N–H and O–H groups in total. The molecule has 1 aromatic carbocycles. The summed E-state index contributed by atoms with van der Waals surface area (Å²) in [6.07, 6.45) is -4.71. The number of benzene rings is 1. The molecule has 1 saturated heterocycles. The highest BCUT2D eigenvalue weighted by molar-refractivity contribution is 6.31. The fourth-order valence-electron chi connectivity index (χ4n) is 1.88. The predicted octanol–water partition coefficient (Wildman–Crippen LogP) is 4.54. The van der Waals surface area contributed by atoms with E-state index in [2.05, 4.69) is 5.32 Å². The minimum Gasteiger partial charge on any atom is -0.358 e. The van der Waals surface area contributed by atoms with Crippen molar-refractivity contribution in [2.24, 2.45) is 5.41 Å². The zero-order valence-electron chi connectivity index (χ0n) is 10.8. The molecule has 0 bridgehead atoms. The third-order valence-electron chi connectivity index (χ3n) is 2.93. The molecule has 1 unspecified atom stereocenters. The van der Waals surface area contributed by atoms with Gasteiger partial charge in [-0.15, -0.1) is 0 Å². The quantitative estimate of drug-likeness (QED) is 0.810. The van der Waals surface area contributed by atoms with E-state index in [1.54, 1.807) is 0 Å². The van der Waals surface area contributed by atoms with Crippen LogP contribution in [0.1, 0.15) is 26.3 Å². The summed E-state index contributed by atoms with van der Waals surface area (Å²) in [4.78, 5) is 0. The van der Waals surface area contributed by atoms with Crippen molar-refractivity contribution >= 4 is 17.3 Å². The maximum atomic E-state index is 12.7. The fourth-order valence-corrected chi connectivity index (χ4v) is 2.10. The van der Waals surface area contributed by atoms with Gasteiger partial charge in [0.05, 0.1) is 10.6 Å². The first-order valence-electron chi connectivity index (χ1n) is 5.88. The van der Waals surface area contributed by atoms with Crippen LogP contribution in [-0.2, 0) is 10.9 Å². The van der Waals surface area contributed by atoms with Crippen LogP contribution >= 0.6 is 11.6 Å². The molecule has 1 heterocycles. The van der Waals surface area contributed by atoms with Gasteiger partial charge in [0.25, 0.3) is 0 Å². The second-order valence-electron chi connectivity index (χ2n) is 5.68. The van der Waals surface area contributed by atoms with E-state index in [9.17, 15) is 13.2 Å². The van der Waals surface area contributed by atoms with Gasteiger partial charge in [-0.1, -0.05) is 32.4 Å². The summed E-state index contributed by atoms with van der Waals surface area (Å²) in [5.74, 6) is 0. The number of halogens is 4. The van der Waals surface area contributed by atoms with Gasteiger partial charge >= 0.3 is 6.18 Å². The molecule has 0 radical (unpaired) electrons. The van der Waals surface area contributed by atoms with Crippen LogP contribution in [0.3, 0.4) is 0 Å². The maximum absolute atomic E-state index is 12.7. The average molecular weight is 294 g/mol. The normalized spacial score (nSPS) is 23.3. The van der Waals surface area contributed by atoms with E-state index in [0.717, 1.165) is 6.07 Å². The monoisotopic (exact) mass is 293 g/mol. The maximum Gasteiger partial charge on any atom is 0.417 e. The number of anilines is 1. The van der Waals surface area contributed by atoms with Crippen LogP contribution in [0.25, 0.3) is 0 Å². The van der Waals surface area contributed by atoms with Gasteiger partial charge < -0.3 is 10.1 Å². The first kappa shape index (κ1) is 14.5. The van der Waals surface area contributed by atoms with Gasteiger partial charge in [-0.25, -0.2) is 0 Å². The molecule has 0 spiro atoms. The SMILES string of the molecule is CC(C)(C)C1O[C@H]1Nc1ccc(Cl)c(C(F)(F)F)c1. The molecule has 1 fully saturated rings. The molecular formula is C13H15ClF3NO. The van der Waals surface area contributed by atoms with E-state index in [1.807, 2.05) is 20.8 Å². The molecule has 0 aliphatic carbocycles. The number of nitrogens with one attached hydrogen (secondary N) is 1. The summed E-state index contributed by atoms with van der Waals surface area (Å²) < 4.78 is 43.5. The standard InChI is InChI=1S/C13H15ClF3NO/c1-12(2,3)10-11(19-10)18-7-4-5-9(14)8(6-7)13(15,16)17/h4-6,10-11,18H,1-3H3/t10?,11-/m1/s1. The smallest absolute Gasteiger partial charge is 0.358 e. The Morgan fingerprint density at radius 1 is 1.21 bits per heavy atom. The first-order valence-corrected chi connectivity index (χ1v) is 6.25. The number of epoxide rings is 1. The lowest BCUT2D eigenvalue weighted by atomic mass is 9.92. The number of hydrogen-bond donors (Lipinski definition) is 1. The zero-order chi connectivity index (χ0) is 14.4. The molecule has 0 aromatic heterocycles. The molecule has 2 nitrogen and oxygen atoms in total. The number of alkyl halides is 3. The van der Waals surface area contributed by atoms with E-state index >= 15 is 0 Å². The molecule has 2 rings (SSSR count). The van der Waals surface area contributed by atoms with Crippen LogP contribution in [0.5, 0.6) is 0 Å². The van der Waals surface area contributed by atoms with Gasteiger partial charge in [-0.2, -0.15) is 13.2 Å². The minimum absolute atomic E-state index is 0.00230. The van der Waals surface area contributed by atoms with Crippen molar-refractivity contribution < 1.29 is 17.9 Å². The minimum atomic E-state index is -4.46. The Bertz CT molecular complexity index is 482. The summed E-state index contributed by atoms with van der Waals surface area (Å²) in [6.45, 7) is 6.05. The van der Waals surface area contributed by atoms with Gasteiger partial charge in [0.15, 0.2) is 6.23 Å². The molecular weight excluding hydrogens is 279 g/mol. The third-order valence-corrected chi connectivity index (χ3v) is 3.26. The van der Waals surface area contributed by atoms with Crippen molar-refractivity contribution in [3.05, 3.63) is 28.8 Å². The van der Waals surface area contributed by atoms with Crippen LogP contribution in [0, 0.1) is 5.41 Å². The summed E-state index contributed by atoms with van der Waals surface area (Å²) in [5.41, 5.74) is -0.530. The Labute approximate surface area is 114 Å². The van der Waals surface area contributed by atoms with Crippen molar-refractivity contribution in [1.29, 1.82) is 0 Å². The van der Waals surface area contributed by atoms with Crippen molar-refractivity contribution in [2.45, 2.75) is 39.3 Å². The van der Waals surface area contributed by atoms with Gasteiger partial charge in [-0.3, -0.25) is 0 Å². The molecule has 1 aliphatic rings. The van der Waals surface area contributed by atoms with Gasteiger partial charge in [0, 0.05) is 5.69 Å². The van der Waals surface area contributed by atoms with Crippen LogP contribution < -0.4 is 5.32 Å². The molecule has 1 aromatic rings. The molecule has 0 saturated carbocycles. The highest BCUT2D eigenvalue weighted by Crippen LogP contribution is 2.40. The third kappa shape index (κ3) is 3.34. The van der Waals surface area contributed by atoms with E-state index in [4.69, 9.17) is 16.3 Å². The van der Waals surface area contributed by atoms with Crippen molar-refractivity contribution in [3.63, 3.8) is 0 Å². The van der Waals surface area contributed by atoms with Crippen LogP contribution in [0.2, 0.25) is 5.02 Å². The topological polar surface area (TPSA) is 24.6 Å². The highest BCUT2D eigenvalue weighted by Gasteiger charge is 2.47. The molecule has 106 valence electrons. The Morgan fingerprint density at radius 3 is 2.32 bits per heavy atom. The van der Waals surface area contributed by atoms with Gasteiger partial charge in [0.2, 0.25) is 0 Å². The number of ether oxygens (including phenoxy) is 1. The predicted molar refractivity (Wildman–Crippen MR) is 68.2 cm³/mol. The number of hydrogen-bond acceptors (Lipinski definition) is 2. The molecule has 19 heavy (non-hydrogen) atoms. The molecule has 0 amide bonds. The lowest BCUT2D eigenvalue weighted by molar-refractivity contribution is -0.137. The first-order chi connectivity index (χ1) is 8.59. The Morgan fingerprint density at radius 2 is 1.84 bits per heavy atom. The van der Waals surface area contributed by atoms with Crippen LogP contribution in [0.4, 0.5) is 18.9 Å². The molecule has 6 heteroatoms. The average Bonchev–Trinajstić information content (AvgIpc) is 2.98. The Kier molecular flexibility index (Phi) is 3.47. The second kappa shape index (κ2) is 4.56. The lowest BCUT2D eigenvalue weighted by Crippen LogP contribution is -2.20. The lowest BCUT2D eigenvalue weighted by Gasteiger charge is -2.15. The number of rotatable bonds is 2. The van der Waals surface area contributed by atoms with Gasteiger partial charge in [-0.05, 0) is 23.6 Å². The van der Waals surface area contributed by atoms with Crippen LogP contribution in [0.15, 0.2) is 18.2 Å². The van der Waals surface area contributed by atoms with Crippen molar-refractivity contribution in [3.8, 4) is 0 Å². The van der Waals surface area contributed by atoms with Crippen LogP contribution in [-0.4, -0.2) is 12.3 Å².